The molecule has 8 nitrogen and oxygen atoms in total. The Bertz CT molecular complexity index is 815. The van der Waals surface area contributed by atoms with E-state index in [0.717, 1.165) is 44.2 Å². The molecule has 8 heteroatoms. The van der Waals surface area contributed by atoms with E-state index in [1.807, 2.05) is 0 Å². The van der Waals surface area contributed by atoms with Crippen LogP contribution in [0.1, 0.15) is 35.1 Å². The van der Waals surface area contributed by atoms with E-state index < -0.39 is 18.2 Å². The molecule has 136 valence electrons. The first-order valence-electron chi connectivity index (χ1n) is 8.81. The van der Waals surface area contributed by atoms with Crippen molar-refractivity contribution < 1.29 is 19.4 Å². The Morgan fingerprint density at radius 2 is 1.88 bits per heavy atom. The molecule has 0 fully saturated rings. The molecule has 2 N–H and O–H groups in total. The van der Waals surface area contributed by atoms with E-state index in [2.05, 4.69) is 21.5 Å². The molecular formula is C18H20N4O4. The number of nitrogens with zero attached hydrogens (tertiary/aromatic N) is 3. The first kappa shape index (κ1) is 16.6. The standard InChI is InChI=1S/C18H20N4O4/c23-17(24)15(8-22-10-19-9-20-22)26-18(25)21-16-13-5-1-3-11(13)7-12-4-2-6-14(12)16/h7,9-10,15H,1-6,8H2,(H,21,25)(H,23,24)/t15-/m1/s1. The number of hydrogen-bond acceptors (Lipinski definition) is 5. The Labute approximate surface area is 150 Å². The Hall–Kier alpha value is -2.90. The number of carboxylic acids is 1. The summed E-state index contributed by atoms with van der Waals surface area (Å²) in [5.41, 5.74) is 5.76. The lowest BCUT2D eigenvalue weighted by molar-refractivity contribution is -0.147. The monoisotopic (exact) mass is 356 g/mol. The molecule has 1 atom stereocenters. The number of benzene rings is 1. The van der Waals surface area contributed by atoms with E-state index in [-0.39, 0.29) is 6.54 Å². The molecular weight excluding hydrogens is 336 g/mol. The SMILES string of the molecule is O=C(Nc1c2c(cc3c1CCC3)CCC2)O[C@H](Cn1cncn1)C(=O)O. The highest BCUT2D eigenvalue weighted by Gasteiger charge is 2.28. The number of fused-ring (bicyclic) bond motifs is 2. The van der Waals surface area contributed by atoms with Crippen molar-refractivity contribution in [2.24, 2.45) is 0 Å². The van der Waals surface area contributed by atoms with Gasteiger partial charge in [0.25, 0.3) is 0 Å². The van der Waals surface area contributed by atoms with Gasteiger partial charge in [-0.15, -0.1) is 0 Å². The Morgan fingerprint density at radius 1 is 1.19 bits per heavy atom. The Kier molecular flexibility index (Phi) is 4.32. The third kappa shape index (κ3) is 3.14. The number of nitrogens with one attached hydrogen (secondary N) is 1. The minimum absolute atomic E-state index is 0.0895. The number of rotatable bonds is 5. The number of aliphatic carboxylic acids is 1. The van der Waals surface area contributed by atoms with E-state index in [4.69, 9.17) is 4.74 Å². The Balaban J connectivity index is 1.52. The molecule has 0 spiro atoms. The van der Waals surface area contributed by atoms with Gasteiger partial charge in [-0.2, -0.15) is 5.10 Å². The first-order valence-corrected chi connectivity index (χ1v) is 8.81. The predicted molar refractivity (Wildman–Crippen MR) is 92.0 cm³/mol. The summed E-state index contributed by atoms with van der Waals surface area (Å²) in [6.07, 6.45) is 6.67. The van der Waals surface area contributed by atoms with Crippen molar-refractivity contribution in [2.45, 2.75) is 51.2 Å². The van der Waals surface area contributed by atoms with Crippen molar-refractivity contribution in [1.82, 2.24) is 14.8 Å². The highest BCUT2D eigenvalue weighted by molar-refractivity contribution is 5.90. The molecule has 0 saturated carbocycles. The van der Waals surface area contributed by atoms with Crippen LogP contribution in [0.3, 0.4) is 0 Å². The lowest BCUT2D eigenvalue weighted by atomic mass is 9.99. The molecule has 1 aromatic heterocycles. The van der Waals surface area contributed by atoms with Crippen LogP contribution in [0.5, 0.6) is 0 Å². The summed E-state index contributed by atoms with van der Waals surface area (Å²) in [6.45, 7) is -0.0895. The van der Waals surface area contributed by atoms with Gasteiger partial charge in [0.1, 0.15) is 12.7 Å². The van der Waals surface area contributed by atoms with Crippen LogP contribution in [0.4, 0.5) is 10.5 Å². The predicted octanol–water partition coefficient (Wildman–Crippen LogP) is 1.96. The van der Waals surface area contributed by atoms with Crippen LogP contribution in [-0.4, -0.2) is 38.0 Å². The van der Waals surface area contributed by atoms with Crippen molar-refractivity contribution in [3.8, 4) is 0 Å². The second-order valence-electron chi connectivity index (χ2n) is 6.71. The van der Waals surface area contributed by atoms with Gasteiger partial charge in [-0.3, -0.25) is 5.32 Å². The van der Waals surface area contributed by atoms with Crippen LogP contribution in [0.25, 0.3) is 0 Å². The molecule has 2 aliphatic rings. The van der Waals surface area contributed by atoms with Gasteiger partial charge < -0.3 is 9.84 Å². The van der Waals surface area contributed by atoms with E-state index >= 15 is 0 Å². The summed E-state index contributed by atoms with van der Waals surface area (Å²) >= 11 is 0. The van der Waals surface area contributed by atoms with Crippen LogP contribution < -0.4 is 5.32 Å². The molecule has 0 saturated heterocycles. The van der Waals surface area contributed by atoms with Gasteiger partial charge in [0.05, 0.1) is 12.2 Å². The molecule has 2 aliphatic carbocycles. The van der Waals surface area contributed by atoms with E-state index in [9.17, 15) is 14.7 Å². The second-order valence-corrected chi connectivity index (χ2v) is 6.71. The highest BCUT2D eigenvalue weighted by Crippen LogP contribution is 2.38. The molecule has 0 radical (unpaired) electrons. The fourth-order valence-electron chi connectivity index (χ4n) is 3.89. The maximum atomic E-state index is 12.4. The number of aryl methyl sites for hydroxylation is 2. The quantitative estimate of drug-likeness (QED) is 0.848. The van der Waals surface area contributed by atoms with Gasteiger partial charge in [-0.25, -0.2) is 19.3 Å². The summed E-state index contributed by atoms with van der Waals surface area (Å²) in [6, 6.07) is 2.27. The van der Waals surface area contributed by atoms with Crippen molar-refractivity contribution in [3.63, 3.8) is 0 Å². The zero-order chi connectivity index (χ0) is 18.1. The topological polar surface area (TPSA) is 106 Å². The minimum Gasteiger partial charge on any atom is -0.478 e. The second kappa shape index (κ2) is 6.78. The summed E-state index contributed by atoms with van der Waals surface area (Å²) in [5, 5.41) is 16.0. The molecule has 0 bridgehead atoms. The maximum absolute atomic E-state index is 12.4. The van der Waals surface area contributed by atoms with E-state index in [0.29, 0.717) is 0 Å². The van der Waals surface area contributed by atoms with Gasteiger partial charge in [-0.05, 0) is 60.8 Å². The lowest BCUT2D eigenvalue weighted by Crippen LogP contribution is -2.33. The number of ether oxygens (including phenoxy) is 1. The third-order valence-electron chi connectivity index (χ3n) is 5.04. The fourth-order valence-corrected chi connectivity index (χ4v) is 3.89. The highest BCUT2D eigenvalue weighted by atomic mass is 16.6. The molecule has 0 aliphatic heterocycles. The minimum atomic E-state index is -1.33. The molecule has 1 aromatic carbocycles. The van der Waals surface area contributed by atoms with E-state index in [1.165, 1.54) is 39.6 Å². The average Bonchev–Trinajstić information content (AvgIpc) is 3.35. The molecule has 2 aromatic rings. The van der Waals surface area contributed by atoms with Crippen molar-refractivity contribution in [2.75, 3.05) is 5.32 Å². The number of hydrogen-bond donors (Lipinski definition) is 2. The summed E-state index contributed by atoms with van der Waals surface area (Å²) in [4.78, 5) is 27.6. The number of carboxylic acid groups (broad SMARTS) is 1. The van der Waals surface area contributed by atoms with Crippen LogP contribution in [0, 0.1) is 0 Å². The zero-order valence-electron chi connectivity index (χ0n) is 14.3. The van der Waals surface area contributed by atoms with Gasteiger partial charge in [0.15, 0.2) is 0 Å². The number of amides is 1. The number of carbonyl (C=O) groups excluding carboxylic acids is 1. The van der Waals surface area contributed by atoms with Crippen LogP contribution in [-0.2, 0) is 41.8 Å². The number of aromatic nitrogens is 3. The number of anilines is 1. The smallest absolute Gasteiger partial charge is 0.412 e. The fraction of sp³-hybridized carbons (Fsp3) is 0.444. The summed E-state index contributed by atoms with van der Waals surface area (Å²) in [7, 11) is 0. The summed E-state index contributed by atoms with van der Waals surface area (Å²) in [5.74, 6) is -1.22. The average molecular weight is 356 g/mol. The number of carbonyl (C=O) groups is 2. The van der Waals surface area contributed by atoms with E-state index in [1.54, 1.807) is 0 Å². The molecule has 1 heterocycles. The molecule has 0 unspecified atom stereocenters. The van der Waals surface area contributed by atoms with Gasteiger partial charge >= 0.3 is 12.1 Å². The van der Waals surface area contributed by atoms with Crippen LogP contribution >= 0.6 is 0 Å². The van der Waals surface area contributed by atoms with Crippen molar-refractivity contribution >= 4 is 17.7 Å². The van der Waals surface area contributed by atoms with Gasteiger partial charge in [-0.1, -0.05) is 6.07 Å². The maximum Gasteiger partial charge on any atom is 0.412 e. The largest absolute Gasteiger partial charge is 0.478 e. The van der Waals surface area contributed by atoms with Crippen molar-refractivity contribution in [1.29, 1.82) is 0 Å². The normalized spacial score (nSPS) is 16.0. The van der Waals surface area contributed by atoms with Gasteiger partial charge in [0.2, 0.25) is 6.10 Å². The molecule has 4 rings (SSSR count). The first-order chi connectivity index (χ1) is 12.6. The summed E-state index contributed by atoms with van der Waals surface area (Å²) < 4.78 is 6.49. The Morgan fingerprint density at radius 3 is 2.46 bits per heavy atom. The molecule has 1 amide bonds. The molecule has 26 heavy (non-hydrogen) atoms. The lowest BCUT2D eigenvalue weighted by Gasteiger charge is -2.18. The van der Waals surface area contributed by atoms with Crippen LogP contribution in [0.15, 0.2) is 18.7 Å². The van der Waals surface area contributed by atoms with Crippen molar-refractivity contribution in [3.05, 3.63) is 41.0 Å². The van der Waals surface area contributed by atoms with Crippen LogP contribution in [0.2, 0.25) is 0 Å². The zero-order valence-corrected chi connectivity index (χ0v) is 14.3. The van der Waals surface area contributed by atoms with Gasteiger partial charge in [0, 0.05) is 0 Å². The third-order valence-corrected chi connectivity index (χ3v) is 5.04.